The van der Waals surface area contributed by atoms with E-state index in [9.17, 15) is 14.4 Å². The second-order valence-corrected chi connectivity index (χ2v) is 8.50. The van der Waals surface area contributed by atoms with Crippen molar-refractivity contribution in [2.24, 2.45) is 5.92 Å². The molecule has 7 heteroatoms. The van der Waals surface area contributed by atoms with Gasteiger partial charge in [0.15, 0.2) is 0 Å². The minimum absolute atomic E-state index is 0.0148. The normalized spacial score (nSPS) is 14.5. The second-order valence-electron chi connectivity index (χ2n) is 7.55. The van der Waals surface area contributed by atoms with Gasteiger partial charge in [-0.3, -0.25) is 14.4 Å². The zero-order chi connectivity index (χ0) is 21.0. The Kier molecular flexibility index (Phi) is 6.69. The molecule has 1 saturated heterocycles. The Morgan fingerprint density at radius 2 is 1.76 bits per heavy atom. The van der Waals surface area contributed by atoms with Crippen molar-refractivity contribution in [1.29, 1.82) is 0 Å². The molecule has 0 saturated carbocycles. The monoisotopic (exact) mass is 413 g/mol. The molecule has 0 radical (unpaired) electrons. The van der Waals surface area contributed by atoms with E-state index in [1.165, 1.54) is 16.2 Å². The first-order valence-electron chi connectivity index (χ1n) is 9.80. The highest BCUT2D eigenvalue weighted by molar-refractivity contribution is 7.12. The fourth-order valence-corrected chi connectivity index (χ4v) is 4.37. The third-order valence-electron chi connectivity index (χ3n) is 5.37. The standard InChI is InChI=1S/C22H27N3O3S/c1-15-6-4-7-16(2)20(15)23-19(26)14-24(3)21(27)17-9-11-25(12-10-17)22(28)18-8-5-13-29-18/h4-8,13,17H,9-12,14H2,1-3H3,(H,23,26). The summed E-state index contributed by atoms with van der Waals surface area (Å²) < 4.78 is 0. The minimum Gasteiger partial charge on any atom is -0.338 e. The van der Waals surface area contributed by atoms with E-state index in [4.69, 9.17) is 0 Å². The molecule has 1 N–H and O–H groups in total. The summed E-state index contributed by atoms with van der Waals surface area (Å²) in [4.78, 5) is 41.7. The molecule has 154 valence electrons. The van der Waals surface area contributed by atoms with Gasteiger partial charge in [0, 0.05) is 31.7 Å². The summed E-state index contributed by atoms with van der Waals surface area (Å²) in [6.07, 6.45) is 1.25. The molecule has 2 heterocycles. The Hall–Kier alpha value is -2.67. The number of aryl methyl sites for hydroxylation is 2. The van der Waals surface area contributed by atoms with Crippen LogP contribution in [0.25, 0.3) is 0 Å². The van der Waals surface area contributed by atoms with Crippen molar-refractivity contribution in [1.82, 2.24) is 9.80 Å². The topological polar surface area (TPSA) is 69.7 Å². The number of likely N-dealkylation sites (tertiary alicyclic amines) is 1. The molecule has 3 amide bonds. The number of benzene rings is 1. The van der Waals surface area contributed by atoms with Gasteiger partial charge in [0.1, 0.15) is 0 Å². The molecule has 2 aromatic rings. The Morgan fingerprint density at radius 3 is 2.34 bits per heavy atom. The average Bonchev–Trinajstić information content (AvgIpc) is 3.24. The summed E-state index contributed by atoms with van der Waals surface area (Å²) in [5.41, 5.74) is 2.80. The van der Waals surface area contributed by atoms with E-state index in [1.807, 2.05) is 54.5 Å². The van der Waals surface area contributed by atoms with Gasteiger partial charge in [-0.25, -0.2) is 0 Å². The van der Waals surface area contributed by atoms with Crippen molar-refractivity contribution in [3.63, 3.8) is 0 Å². The highest BCUT2D eigenvalue weighted by Gasteiger charge is 2.30. The van der Waals surface area contributed by atoms with Crippen LogP contribution in [-0.2, 0) is 9.59 Å². The van der Waals surface area contributed by atoms with Crippen LogP contribution < -0.4 is 5.32 Å². The lowest BCUT2D eigenvalue weighted by Gasteiger charge is -2.33. The quantitative estimate of drug-likeness (QED) is 0.818. The van der Waals surface area contributed by atoms with E-state index in [0.717, 1.165) is 21.7 Å². The summed E-state index contributed by atoms with van der Waals surface area (Å²) in [5.74, 6) is -0.360. The van der Waals surface area contributed by atoms with Crippen molar-refractivity contribution in [2.45, 2.75) is 26.7 Å². The summed E-state index contributed by atoms with van der Waals surface area (Å²) in [5, 5.41) is 4.81. The molecule has 0 bridgehead atoms. The number of nitrogens with one attached hydrogen (secondary N) is 1. The SMILES string of the molecule is Cc1cccc(C)c1NC(=O)CN(C)C(=O)C1CCN(C(=O)c2cccs2)CC1. The number of carbonyl (C=O) groups is 3. The molecule has 0 spiro atoms. The number of rotatable bonds is 5. The molecule has 6 nitrogen and oxygen atoms in total. The zero-order valence-electron chi connectivity index (χ0n) is 17.1. The van der Waals surface area contributed by atoms with Gasteiger partial charge in [0.2, 0.25) is 11.8 Å². The molecule has 1 fully saturated rings. The number of hydrogen-bond acceptors (Lipinski definition) is 4. The lowest BCUT2D eigenvalue weighted by atomic mass is 9.95. The Balaban J connectivity index is 1.50. The van der Waals surface area contributed by atoms with Crippen molar-refractivity contribution in [3.05, 3.63) is 51.7 Å². The fourth-order valence-electron chi connectivity index (χ4n) is 3.68. The van der Waals surface area contributed by atoms with E-state index in [-0.39, 0.29) is 30.2 Å². The number of para-hydroxylation sites is 1. The third-order valence-corrected chi connectivity index (χ3v) is 6.22. The predicted molar refractivity (Wildman–Crippen MR) is 115 cm³/mol. The molecule has 1 aliphatic heterocycles. The van der Waals surface area contributed by atoms with Crippen LogP contribution in [-0.4, -0.2) is 54.2 Å². The molecular weight excluding hydrogens is 386 g/mol. The van der Waals surface area contributed by atoms with Crippen molar-refractivity contribution >= 4 is 34.7 Å². The van der Waals surface area contributed by atoms with Crippen LogP contribution >= 0.6 is 11.3 Å². The maximum absolute atomic E-state index is 12.8. The summed E-state index contributed by atoms with van der Waals surface area (Å²) in [6, 6.07) is 9.54. The molecule has 29 heavy (non-hydrogen) atoms. The van der Waals surface area contributed by atoms with Gasteiger partial charge in [0.25, 0.3) is 5.91 Å². The maximum atomic E-state index is 12.8. The van der Waals surface area contributed by atoms with Crippen LogP contribution in [0.5, 0.6) is 0 Å². The van der Waals surface area contributed by atoms with Crippen LogP contribution in [0, 0.1) is 19.8 Å². The van der Waals surface area contributed by atoms with Gasteiger partial charge in [-0.1, -0.05) is 24.3 Å². The molecular formula is C22H27N3O3S. The van der Waals surface area contributed by atoms with Crippen molar-refractivity contribution in [2.75, 3.05) is 32.0 Å². The average molecular weight is 414 g/mol. The van der Waals surface area contributed by atoms with E-state index < -0.39 is 0 Å². The Morgan fingerprint density at radius 1 is 1.10 bits per heavy atom. The van der Waals surface area contributed by atoms with Crippen molar-refractivity contribution < 1.29 is 14.4 Å². The summed E-state index contributed by atoms with van der Waals surface area (Å²) in [7, 11) is 1.66. The largest absolute Gasteiger partial charge is 0.338 e. The van der Waals surface area contributed by atoms with Gasteiger partial charge < -0.3 is 15.1 Å². The number of anilines is 1. The number of piperidine rings is 1. The molecule has 1 aliphatic rings. The molecule has 1 aromatic carbocycles. The van der Waals surface area contributed by atoms with Crippen LogP contribution in [0.15, 0.2) is 35.7 Å². The number of hydrogen-bond donors (Lipinski definition) is 1. The second kappa shape index (κ2) is 9.22. The van der Waals surface area contributed by atoms with Gasteiger partial charge in [-0.15, -0.1) is 11.3 Å². The van der Waals surface area contributed by atoms with E-state index >= 15 is 0 Å². The number of amides is 3. The number of carbonyl (C=O) groups excluding carboxylic acids is 3. The first kappa shape index (κ1) is 21.0. The third kappa shape index (κ3) is 5.03. The van der Waals surface area contributed by atoms with Crippen LogP contribution in [0.4, 0.5) is 5.69 Å². The van der Waals surface area contributed by atoms with Crippen LogP contribution in [0.3, 0.4) is 0 Å². The molecule has 3 rings (SSSR count). The van der Waals surface area contributed by atoms with Gasteiger partial charge in [-0.2, -0.15) is 0 Å². The number of likely N-dealkylation sites (N-methyl/N-ethyl adjacent to an activating group) is 1. The molecule has 0 unspecified atom stereocenters. The Labute approximate surface area is 175 Å². The van der Waals surface area contributed by atoms with E-state index in [1.54, 1.807) is 7.05 Å². The van der Waals surface area contributed by atoms with E-state index in [2.05, 4.69) is 5.32 Å². The van der Waals surface area contributed by atoms with Crippen molar-refractivity contribution in [3.8, 4) is 0 Å². The van der Waals surface area contributed by atoms with Crippen LogP contribution in [0.2, 0.25) is 0 Å². The summed E-state index contributed by atoms with van der Waals surface area (Å²) >= 11 is 1.44. The van der Waals surface area contributed by atoms with Crippen LogP contribution in [0.1, 0.15) is 33.6 Å². The first-order chi connectivity index (χ1) is 13.9. The van der Waals surface area contributed by atoms with E-state index in [0.29, 0.717) is 25.9 Å². The van der Waals surface area contributed by atoms with Gasteiger partial charge in [0.05, 0.1) is 11.4 Å². The molecule has 0 atom stereocenters. The first-order valence-corrected chi connectivity index (χ1v) is 10.7. The molecule has 1 aromatic heterocycles. The number of nitrogens with zero attached hydrogens (tertiary/aromatic N) is 2. The highest BCUT2D eigenvalue weighted by Crippen LogP contribution is 2.23. The minimum atomic E-state index is -0.205. The zero-order valence-corrected chi connectivity index (χ0v) is 17.9. The highest BCUT2D eigenvalue weighted by atomic mass is 32.1. The molecule has 0 aliphatic carbocycles. The summed E-state index contributed by atoms with van der Waals surface area (Å²) in [6.45, 7) is 5.04. The lowest BCUT2D eigenvalue weighted by molar-refractivity contribution is -0.138. The lowest BCUT2D eigenvalue weighted by Crippen LogP contribution is -2.45. The van der Waals surface area contributed by atoms with Gasteiger partial charge in [-0.05, 0) is 49.3 Å². The van der Waals surface area contributed by atoms with Gasteiger partial charge >= 0.3 is 0 Å². The smallest absolute Gasteiger partial charge is 0.263 e. The Bertz CT molecular complexity index is 866. The fraction of sp³-hybridized carbons (Fsp3) is 0.409. The maximum Gasteiger partial charge on any atom is 0.263 e. The predicted octanol–water partition coefficient (Wildman–Crippen LogP) is 3.31. The number of thiophene rings is 1.